The average molecular weight is 323 g/mol. The van der Waals surface area contributed by atoms with E-state index in [-0.39, 0.29) is 0 Å². The molecule has 1 aromatic heterocycles. The van der Waals surface area contributed by atoms with Crippen LogP contribution in [0.25, 0.3) is 31.3 Å². The van der Waals surface area contributed by atoms with E-state index >= 15 is 0 Å². The van der Waals surface area contributed by atoms with Crippen LogP contribution in [0.5, 0.6) is 0 Å². The van der Waals surface area contributed by atoms with E-state index < -0.39 is 0 Å². The first-order valence-electron chi connectivity index (χ1n) is 7.46. The number of fused-ring (bicyclic) bond motifs is 3. The smallest absolute Gasteiger partial charge is 0.0406 e. The third-order valence-corrected chi connectivity index (χ3v) is 5.51. The van der Waals surface area contributed by atoms with Gasteiger partial charge in [0.15, 0.2) is 0 Å². The van der Waals surface area contributed by atoms with E-state index in [0.717, 1.165) is 11.4 Å². The van der Waals surface area contributed by atoms with Crippen molar-refractivity contribution >= 4 is 43.1 Å². The Balaban J connectivity index is 1.90. The molecule has 0 nitrogen and oxygen atoms in total. The van der Waals surface area contributed by atoms with Gasteiger partial charge in [-0.3, -0.25) is 0 Å². The molecule has 3 aromatic carbocycles. The fourth-order valence-electron chi connectivity index (χ4n) is 2.87. The van der Waals surface area contributed by atoms with Crippen LogP contribution in [-0.4, -0.2) is 0 Å². The van der Waals surface area contributed by atoms with Gasteiger partial charge in [0.1, 0.15) is 0 Å². The molecule has 0 aliphatic carbocycles. The van der Waals surface area contributed by atoms with Crippen molar-refractivity contribution in [2.24, 2.45) is 0 Å². The van der Waals surface area contributed by atoms with Crippen LogP contribution >= 0.6 is 22.9 Å². The molecular formula is C20H15ClS. The Morgan fingerprint density at radius 2 is 1.55 bits per heavy atom. The first kappa shape index (κ1) is 13.8. The molecule has 0 fully saturated rings. The second-order valence-corrected chi connectivity index (χ2v) is 7.02. The van der Waals surface area contributed by atoms with E-state index in [9.17, 15) is 0 Å². The predicted octanol–water partition coefficient (Wildman–Crippen LogP) is 6.94. The second-order valence-electron chi connectivity index (χ2n) is 5.50. The second kappa shape index (κ2) is 5.42. The van der Waals surface area contributed by atoms with E-state index in [4.69, 9.17) is 11.6 Å². The minimum atomic E-state index is 0.777. The molecule has 0 saturated heterocycles. The van der Waals surface area contributed by atoms with Crippen LogP contribution in [0.3, 0.4) is 0 Å². The quantitative estimate of drug-likeness (QED) is 0.375. The summed E-state index contributed by atoms with van der Waals surface area (Å²) < 4.78 is 2.70. The molecule has 0 atom stereocenters. The van der Waals surface area contributed by atoms with Crippen molar-refractivity contribution in [2.45, 2.75) is 13.3 Å². The summed E-state index contributed by atoms with van der Waals surface area (Å²) in [6.45, 7) is 2.20. The summed E-state index contributed by atoms with van der Waals surface area (Å²) >= 11 is 7.84. The maximum Gasteiger partial charge on any atom is 0.0406 e. The number of aryl methyl sites for hydroxylation is 1. The van der Waals surface area contributed by atoms with Crippen LogP contribution in [-0.2, 0) is 6.42 Å². The first-order chi connectivity index (χ1) is 10.7. The molecule has 108 valence electrons. The van der Waals surface area contributed by atoms with Gasteiger partial charge >= 0.3 is 0 Å². The van der Waals surface area contributed by atoms with Gasteiger partial charge in [-0.2, -0.15) is 0 Å². The summed E-state index contributed by atoms with van der Waals surface area (Å²) in [6.07, 6.45) is 1.08. The van der Waals surface area contributed by atoms with Crippen molar-refractivity contribution in [1.29, 1.82) is 0 Å². The summed E-state index contributed by atoms with van der Waals surface area (Å²) in [7, 11) is 0. The summed E-state index contributed by atoms with van der Waals surface area (Å²) in [5.41, 5.74) is 3.85. The standard InChI is InChI=1S/C20H15ClS/c1-2-13-3-10-19-18(11-13)17-9-6-15(12-20(17)22-19)14-4-7-16(21)8-5-14/h3-12H,2H2,1H3. The summed E-state index contributed by atoms with van der Waals surface area (Å²) in [4.78, 5) is 0. The molecule has 0 aliphatic rings. The fourth-order valence-corrected chi connectivity index (χ4v) is 4.12. The lowest BCUT2D eigenvalue weighted by Gasteiger charge is -2.02. The zero-order valence-electron chi connectivity index (χ0n) is 12.3. The highest BCUT2D eigenvalue weighted by molar-refractivity contribution is 7.25. The van der Waals surface area contributed by atoms with Crippen LogP contribution in [0.2, 0.25) is 5.02 Å². The monoisotopic (exact) mass is 322 g/mol. The van der Waals surface area contributed by atoms with Gasteiger partial charge in [-0.25, -0.2) is 0 Å². The molecule has 2 heteroatoms. The molecule has 0 aliphatic heterocycles. The van der Waals surface area contributed by atoms with Gasteiger partial charge in [0, 0.05) is 25.2 Å². The zero-order chi connectivity index (χ0) is 15.1. The summed E-state index contributed by atoms with van der Waals surface area (Å²) in [6, 6.07) is 21.6. The lowest BCUT2D eigenvalue weighted by molar-refractivity contribution is 1.15. The van der Waals surface area contributed by atoms with Gasteiger partial charge in [0.05, 0.1) is 0 Å². The van der Waals surface area contributed by atoms with Crippen molar-refractivity contribution < 1.29 is 0 Å². The van der Waals surface area contributed by atoms with Crippen molar-refractivity contribution in [1.82, 2.24) is 0 Å². The molecule has 0 unspecified atom stereocenters. The third kappa shape index (κ3) is 2.31. The Morgan fingerprint density at radius 3 is 2.32 bits per heavy atom. The van der Waals surface area contributed by atoms with E-state index in [1.165, 1.54) is 36.9 Å². The predicted molar refractivity (Wildman–Crippen MR) is 99.2 cm³/mol. The van der Waals surface area contributed by atoms with E-state index in [1.807, 2.05) is 23.5 Å². The lowest BCUT2D eigenvalue weighted by atomic mass is 10.0. The minimum Gasteiger partial charge on any atom is -0.135 e. The molecule has 0 N–H and O–H groups in total. The maximum atomic E-state index is 5.98. The zero-order valence-corrected chi connectivity index (χ0v) is 13.8. The maximum absolute atomic E-state index is 5.98. The highest BCUT2D eigenvalue weighted by atomic mass is 35.5. The van der Waals surface area contributed by atoms with Gasteiger partial charge in [0.25, 0.3) is 0 Å². The Morgan fingerprint density at radius 1 is 0.773 bits per heavy atom. The van der Waals surface area contributed by atoms with Crippen LogP contribution in [0.1, 0.15) is 12.5 Å². The van der Waals surface area contributed by atoms with Crippen molar-refractivity contribution in [3.8, 4) is 11.1 Å². The van der Waals surface area contributed by atoms with Crippen LogP contribution in [0.4, 0.5) is 0 Å². The number of rotatable bonds is 2. The van der Waals surface area contributed by atoms with Crippen molar-refractivity contribution in [3.05, 3.63) is 71.2 Å². The number of halogens is 1. The third-order valence-electron chi connectivity index (χ3n) is 4.12. The van der Waals surface area contributed by atoms with Gasteiger partial charge < -0.3 is 0 Å². The summed E-state index contributed by atoms with van der Waals surface area (Å²) in [5, 5.41) is 3.51. The number of thiophene rings is 1. The molecule has 22 heavy (non-hydrogen) atoms. The van der Waals surface area contributed by atoms with Gasteiger partial charge in [-0.1, -0.05) is 48.9 Å². The molecule has 4 rings (SSSR count). The van der Waals surface area contributed by atoms with Gasteiger partial charge in [-0.05, 0) is 53.4 Å². The van der Waals surface area contributed by atoms with E-state index in [2.05, 4.69) is 55.5 Å². The Bertz CT molecular complexity index is 964. The molecule has 1 heterocycles. The normalized spacial score (nSPS) is 11.4. The molecule has 4 aromatic rings. The number of hydrogen-bond donors (Lipinski definition) is 0. The molecule has 0 radical (unpaired) electrons. The van der Waals surface area contributed by atoms with Crippen molar-refractivity contribution in [2.75, 3.05) is 0 Å². The summed E-state index contributed by atoms with van der Waals surface area (Å²) in [5.74, 6) is 0. The molecule has 0 spiro atoms. The molecule has 0 saturated carbocycles. The minimum absolute atomic E-state index is 0.777. The van der Waals surface area contributed by atoms with E-state index in [1.54, 1.807) is 0 Å². The number of benzene rings is 3. The van der Waals surface area contributed by atoms with Gasteiger partial charge in [0.2, 0.25) is 0 Å². The highest BCUT2D eigenvalue weighted by Gasteiger charge is 2.07. The van der Waals surface area contributed by atoms with Crippen LogP contribution in [0, 0.1) is 0 Å². The first-order valence-corrected chi connectivity index (χ1v) is 8.65. The highest BCUT2D eigenvalue weighted by Crippen LogP contribution is 2.37. The average Bonchev–Trinajstić information content (AvgIpc) is 2.92. The van der Waals surface area contributed by atoms with Crippen molar-refractivity contribution in [3.63, 3.8) is 0 Å². The number of hydrogen-bond acceptors (Lipinski definition) is 1. The van der Waals surface area contributed by atoms with Gasteiger partial charge in [-0.15, -0.1) is 11.3 Å². The molecule has 0 bridgehead atoms. The largest absolute Gasteiger partial charge is 0.135 e. The topological polar surface area (TPSA) is 0 Å². The van der Waals surface area contributed by atoms with Crippen LogP contribution in [0.15, 0.2) is 60.7 Å². The lowest BCUT2D eigenvalue weighted by Crippen LogP contribution is -1.78. The molecule has 0 amide bonds. The Hall–Kier alpha value is -1.83. The Labute approximate surface area is 139 Å². The van der Waals surface area contributed by atoms with Crippen LogP contribution < -0.4 is 0 Å². The molecular weight excluding hydrogens is 308 g/mol. The SMILES string of the molecule is CCc1ccc2sc3cc(-c4ccc(Cl)cc4)ccc3c2c1. The Kier molecular flexibility index (Phi) is 3.40. The van der Waals surface area contributed by atoms with E-state index in [0.29, 0.717) is 0 Å². The fraction of sp³-hybridized carbons (Fsp3) is 0.100.